The summed E-state index contributed by atoms with van der Waals surface area (Å²) in [4.78, 5) is 16.4. The fraction of sp³-hybridized carbons (Fsp3) is 0.235. The van der Waals surface area contributed by atoms with Crippen LogP contribution in [0.3, 0.4) is 0 Å². The van der Waals surface area contributed by atoms with Crippen molar-refractivity contribution in [3.8, 4) is 0 Å². The maximum Gasteiger partial charge on any atom is 0.249 e. The maximum absolute atomic E-state index is 12.0. The van der Waals surface area contributed by atoms with Crippen LogP contribution >= 0.6 is 0 Å². The zero-order chi connectivity index (χ0) is 16.2. The van der Waals surface area contributed by atoms with Crippen molar-refractivity contribution in [2.75, 3.05) is 17.7 Å². The van der Waals surface area contributed by atoms with E-state index in [4.69, 9.17) is 0 Å². The highest BCUT2D eigenvalue weighted by Crippen LogP contribution is 2.16. The molecule has 0 fully saturated rings. The number of aryl methyl sites for hydroxylation is 2. The second kappa shape index (κ2) is 6.48. The molecule has 0 spiro atoms. The second-order valence-corrected chi connectivity index (χ2v) is 5.39. The van der Waals surface area contributed by atoms with Gasteiger partial charge in [0.2, 0.25) is 11.9 Å². The lowest BCUT2D eigenvalue weighted by molar-refractivity contribution is -0.116. The molecule has 2 heterocycles. The highest BCUT2D eigenvalue weighted by atomic mass is 16.1. The summed E-state index contributed by atoms with van der Waals surface area (Å²) in [6.07, 6.45) is 2.96. The van der Waals surface area contributed by atoms with Gasteiger partial charge in [-0.05, 0) is 30.5 Å². The van der Waals surface area contributed by atoms with Crippen LogP contribution in [0.1, 0.15) is 17.5 Å². The summed E-state index contributed by atoms with van der Waals surface area (Å²) in [6.45, 7) is 2.00. The molecule has 0 radical (unpaired) electrons. The van der Waals surface area contributed by atoms with Crippen molar-refractivity contribution in [2.24, 2.45) is 0 Å². The van der Waals surface area contributed by atoms with Crippen molar-refractivity contribution < 1.29 is 4.79 Å². The Morgan fingerprint density at radius 1 is 1.26 bits per heavy atom. The van der Waals surface area contributed by atoms with Gasteiger partial charge in [0.05, 0.1) is 11.9 Å². The van der Waals surface area contributed by atoms with Gasteiger partial charge >= 0.3 is 0 Å². The molecule has 23 heavy (non-hydrogen) atoms. The van der Waals surface area contributed by atoms with E-state index in [1.165, 1.54) is 0 Å². The van der Waals surface area contributed by atoms with Gasteiger partial charge in [-0.15, -0.1) is 5.10 Å². The predicted molar refractivity (Wildman–Crippen MR) is 90.7 cm³/mol. The summed E-state index contributed by atoms with van der Waals surface area (Å²) >= 11 is 0. The van der Waals surface area contributed by atoms with Gasteiger partial charge in [0, 0.05) is 13.5 Å². The first-order chi connectivity index (χ1) is 11.2. The summed E-state index contributed by atoms with van der Waals surface area (Å²) in [7, 11) is 1.86. The molecule has 0 bridgehead atoms. The third-order valence-corrected chi connectivity index (χ3v) is 3.68. The molecule has 118 valence electrons. The Morgan fingerprint density at radius 3 is 2.78 bits per heavy atom. The standard InChI is InChI=1S/C17H19N5O/c1-12-10-15-19-17(21-22(15)11-14(12)18-2)20-16(23)9-8-13-6-4-3-5-7-13/h3-7,10-11,18H,8-9H2,1-2H3,(H,20,21,23). The quantitative estimate of drug-likeness (QED) is 0.760. The molecule has 6 nitrogen and oxygen atoms in total. The SMILES string of the molecule is CNc1cn2nc(NC(=O)CCc3ccccc3)nc2cc1C. The smallest absolute Gasteiger partial charge is 0.249 e. The largest absolute Gasteiger partial charge is 0.387 e. The van der Waals surface area contributed by atoms with Crippen LogP contribution in [0.5, 0.6) is 0 Å². The lowest BCUT2D eigenvalue weighted by Crippen LogP contribution is -2.13. The minimum atomic E-state index is -0.0877. The minimum absolute atomic E-state index is 0.0877. The molecular weight excluding hydrogens is 290 g/mol. The molecular formula is C17H19N5O. The van der Waals surface area contributed by atoms with Gasteiger partial charge in [0.15, 0.2) is 5.65 Å². The molecule has 1 amide bonds. The molecule has 1 aromatic carbocycles. The zero-order valence-electron chi connectivity index (χ0n) is 13.2. The summed E-state index contributed by atoms with van der Waals surface area (Å²) in [6, 6.07) is 11.9. The summed E-state index contributed by atoms with van der Waals surface area (Å²) in [5, 5.41) is 10.1. The van der Waals surface area contributed by atoms with Gasteiger partial charge < -0.3 is 5.32 Å². The van der Waals surface area contributed by atoms with Gasteiger partial charge in [0.1, 0.15) is 0 Å². The number of aromatic nitrogens is 3. The van der Waals surface area contributed by atoms with Gasteiger partial charge in [-0.1, -0.05) is 30.3 Å². The topological polar surface area (TPSA) is 71.3 Å². The van der Waals surface area contributed by atoms with Crippen LogP contribution < -0.4 is 10.6 Å². The van der Waals surface area contributed by atoms with Crippen molar-refractivity contribution in [3.05, 3.63) is 53.7 Å². The van der Waals surface area contributed by atoms with Crippen molar-refractivity contribution in [3.63, 3.8) is 0 Å². The second-order valence-electron chi connectivity index (χ2n) is 5.39. The first-order valence-corrected chi connectivity index (χ1v) is 7.54. The van der Waals surface area contributed by atoms with Crippen LogP contribution in [0.25, 0.3) is 5.65 Å². The Bertz CT molecular complexity index is 826. The lowest BCUT2D eigenvalue weighted by atomic mass is 10.1. The maximum atomic E-state index is 12.0. The van der Waals surface area contributed by atoms with Crippen molar-refractivity contribution in [1.29, 1.82) is 0 Å². The number of pyridine rings is 1. The van der Waals surface area contributed by atoms with E-state index >= 15 is 0 Å². The Balaban J connectivity index is 1.67. The van der Waals surface area contributed by atoms with Crippen molar-refractivity contribution >= 4 is 23.2 Å². The van der Waals surface area contributed by atoms with Crippen LogP contribution in [0.4, 0.5) is 11.6 Å². The van der Waals surface area contributed by atoms with E-state index < -0.39 is 0 Å². The van der Waals surface area contributed by atoms with E-state index in [-0.39, 0.29) is 5.91 Å². The molecule has 0 aliphatic heterocycles. The van der Waals surface area contributed by atoms with E-state index in [1.54, 1.807) is 4.52 Å². The number of fused-ring (bicyclic) bond motifs is 1. The van der Waals surface area contributed by atoms with E-state index in [0.717, 1.165) is 16.8 Å². The van der Waals surface area contributed by atoms with Gasteiger partial charge in [-0.3, -0.25) is 10.1 Å². The summed E-state index contributed by atoms with van der Waals surface area (Å²) < 4.78 is 1.66. The van der Waals surface area contributed by atoms with Gasteiger partial charge in [-0.25, -0.2) is 4.52 Å². The molecule has 0 atom stereocenters. The Kier molecular flexibility index (Phi) is 4.23. The van der Waals surface area contributed by atoms with Gasteiger partial charge in [-0.2, -0.15) is 4.98 Å². The van der Waals surface area contributed by atoms with Crippen LogP contribution in [-0.4, -0.2) is 27.6 Å². The number of amides is 1. The average Bonchev–Trinajstić information content (AvgIpc) is 2.94. The zero-order valence-corrected chi connectivity index (χ0v) is 13.2. The number of nitrogens with zero attached hydrogens (tertiary/aromatic N) is 3. The molecule has 0 unspecified atom stereocenters. The average molecular weight is 309 g/mol. The van der Waals surface area contributed by atoms with Crippen molar-refractivity contribution in [2.45, 2.75) is 19.8 Å². The number of rotatable bonds is 5. The van der Waals surface area contributed by atoms with E-state index in [0.29, 0.717) is 24.4 Å². The van der Waals surface area contributed by atoms with E-state index in [1.807, 2.05) is 56.6 Å². The molecule has 0 aliphatic carbocycles. The Hall–Kier alpha value is -2.89. The number of hydrogen-bond acceptors (Lipinski definition) is 4. The molecule has 2 N–H and O–H groups in total. The summed E-state index contributed by atoms with van der Waals surface area (Å²) in [5.41, 5.74) is 3.90. The molecule has 3 rings (SSSR count). The monoisotopic (exact) mass is 309 g/mol. The van der Waals surface area contributed by atoms with Crippen LogP contribution in [0, 0.1) is 6.92 Å². The van der Waals surface area contributed by atoms with Crippen LogP contribution in [0.2, 0.25) is 0 Å². The number of carbonyl (C=O) groups excluding carboxylic acids is 1. The number of hydrogen-bond donors (Lipinski definition) is 2. The molecule has 0 saturated heterocycles. The third-order valence-electron chi connectivity index (χ3n) is 3.68. The van der Waals surface area contributed by atoms with Crippen LogP contribution in [0.15, 0.2) is 42.6 Å². The minimum Gasteiger partial charge on any atom is -0.387 e. The van der Waals surface area contributed by atoms with Gasteiger partial charge in [0.25, 0.3) is 0 Å². The molecule has 0 saturated carbocycles. The first kappa shape index (κ1) is 15.0. The molecule has 3 aromatic rings. The number of nitrogens with one attached hydrogen (secondary N) is 2. The molecule has 6 heteroatoms. The normalized spacial score (nSPS) is 10.7. The lowest BCUT2D eigenvalue weighted by Gasteiger charge is -2.03. The third kappa shape index (κ3) is 3.48. The predicted octanol–water partition coefficient (Wildman–Crippen LogP) is 2.65. The fourth-order valence-corrected chi connectivity index (χ4v) is 2.43. The van der Waals surface area contributed by atoms with E-state index in [9.17, 15) is 4.79 Å². The molecule has 0 aliphatic rings. The number of benzene rings is 1. The number of anilines is 2. The fourth-order valence-electron chi connectivity index (χ4n) is 2.43. The first-order valence-electron chi connectivity index (χ1n) is 7.54. The van der Waals surface area contributed by atoms with E-state index in [2.05, 4.69) is 20.7 Å². The highest BCUT2D eigenvalue weighted by molar-refractivity contribution is 5.89. The Labute approximate surface area is 134 Å². The highest BCUT2D eigenvalue weighted by Gasteiger charge is 2.09. The van der Waals surface area contributed by atoms with Crippen LogP contribution in [-0.2, 0) is 11.2 Å². The molecule has 2 aromatic heterocycles. The summed E-state index contributed by atoms with van der Waals surface area (Å²) in [5.74, 6) is 0.242. The van der Waals surface area contributed by atoms with Crippen molar-refractivity contribution in [1.82, 2.24) is 14.6 Å². The number of carbonyl (C=O) groups is 1. The Morgan fingerprint density at radius 2 is 2.04 bits per heavy atom.